The first-order chi connectivity index (χ1) is 12.1. The molecule has 0 aromatic heterocycles. The first-order valence-corrected chi connectivity index (χ1v) is 9.09. The highest BCUT2D eigenvalue weighted by atomic mass is 16.6. The fourth-order valence-electron chi connectivity index (χ4n) is 2.79. The van der Waals surface area contributed by atoms with Crippen molar-refractivity contribution in [2.75, 3.05) is 0 Å². The van der Waals surface area contributed by atoms with Crippen LogP contribution < -0.4 is 11.3 Å². The van der Waals surface area contributed by atoms with Gasteiger partial charge in [-0.25, -0.2) is 5.84 Å². The second kappa shape index (κ2) is 10.1. The van der Waals surface area contributed by atoms with Gasteiger partial charge in [0.25, 0.3) is 0 Å². The van der Waals surface area contributed by atoms with Gasteiger partial charge in [-0.15, -0.1) is 0 Å². The minimum absolute atomic E-state index is 0.250. The minimum atomic E-state index is -0.611. The molecule has 0 spiro atoms. The standard InChI is InChI=1S/C21H32N2O3/c1-15(2)14-18(19(24)23-22)17(20(25)26-21(3,4)5)13-9-12-16-10-7-6-8-11-16/h6-12,15,17-18H,13-14,22H2,1-5H3,(H,23,24)/b12-9-/t17-,18?/m1/s1. The highest BCUT2D eigenvalue weighted by Crippen LogP contribution is 2.27. The molecular formula is C21H32N2O3. The second-order valence-corrected chi connectivity index (χ2v) is 7.93. The van der Waals surface area contributed by atoms with Gasteiger partial charge in [0, 0.05) is 0 Å². The molecule has 0 heterocycles. The molecule has 0 saturated carbocycles. The molecule has 0 aliphatic rings. The van der Waals surface area contributed by atoms with Crippen LogP contribution in [0.5, 0.6) is 0 Å². The largest absolute Gasteiger partial charge is 0.460 e. The van der Waals surface area contributed by atoms with Gasteiger partial charge in [0.05, 0.1) is 11.8 Å². The van der Waals surface area contributed by atoms with Gasteiger partial charge in [-0.05, 0) is 45.1 Å². The highest BCUT2D eigenvalue weighted by molar-refractivity contribution is 5.85. The van der Waals surface area contributed by atoms with Crippen LogP contribution in [0.15, 0.2) is 36.4 Å². The molecular weight excluding hydrogens is 328 g/mol. The van der Waals surface area contributed by atoms with Crippen LogP contribution in [-0.4, -0.2) is 17.5 Å². The molecule has 1 aromatic carbocycles. The topological polar surface area (TPSA) is 81.4 Å². The summed E-state index contributed by atoms with van der Waals surface area (Å²) in [7, 11) is 0. The summed E-state index contributed by atoms with van der Waals surface area (Å²) < 4.78 is 5.57. The third-order valence-electron chi connectivity index (χ3n) is 3.90. The van der Waals surface area contributed by atoms with Crippen LogP contribution in [0.25, 0.3) is 6.08 Å². The maximum atomic E-state index is 12.8. The fraction of sp³-hybridized carbons (Fsp3) is 0.524. The SMILES string of the molecule is CC(C)CC(C(=O)NN)[C@@H](C/C=C\c1ccccc1)C(=O)OC(C)(C)C. The second-order valence-electron chi connectivity index (χ2n) is 7.93. The van der Waals surface area contributed by atoms with Crippen molar-refractivity contribution in [3.05, 3.63) is 42.0 Å². The summed E-state index contributed by atoms with van der Waals surface area (Å²) in [5.74, 6) is 3.80. The van der Waals surface area contributed by atoms with E-state index in [1.807, 2.05) is 77.1 Å². The molecule has 1 aromatic rings. The quantitative estimate of drug-likeness (QED) is 0.320. The average Bonchev–Trinajstić information content (AvgIpc) is 2.55. The molecule has 0 bridgehead atoms. The molecule has 1 unspecified atom stereocenters. The summed E-state index contributed by atoms with van der Waals surface area (Å²) in [6.07, 6.45) is 4.84. The number of hydrogen-bond acceptors (Lipinski definition) is 4. The molecule has 5 nitrogen and oxygen atoms in total. The van der Waals surface area contributed by atoms with Crippen molar-refractivity contribution >= 4 is 18.0 Å². The Labute approximate surface area is 157 Å². The molecule has 0 radical (unpaired) electrons. The summed E-state index contributed by atoms with van der Waals surface area (Å²) in [6, 6.07) is 9.82. The summed E-state index contributed by atoms with van der Waals surface area (Å²) in [4.78, 5) is 25.1. The smallest absolute Gasteiger partial charge is 0.310 e. The Hall–Kier alpha value is -2.14. The number of esters is 1. The third-order valence-corrected chi connectivity index (χ3v) is 3.90. The first kappa shape index (κ1) is 21.9. The fourth-order valence-corrected chi connectivity index (χ4v) is 2.79. The Kier molecular flexibility index (Phi) is 8.52. The lowest BCUT2D eigenvalue weighted by Gasteiger charge is -2.28. The number of amides is 1. The molecule has 0 aliphatic heterocycles. The molecule has 3 N–H and O–H groups in total. The summed E-state index contributed by atoms with van der Waals surface area (Å²) in [6.45, 7) is 9.50. The van der Waals surface area contributed by atoms with Gasteiger partial charge in [-0.3, -0.25) is 15.0 Å². The van der Waals surface area contributed by atoms with E-state index in [0.717, 1.165) is 5.56 Å². The van der Waals surface area contributed by atoms with Crippen LogP contribution in [0, 0.1) is 17.8 Å². The van der Waals surface area contributed by atoms with Crippen molar-refractivity contribution in [2.24, 2.45) is 23.6 Å². The van der Waals surface area contributed by atoms with Gasteiger partial charge in [0.15, 0.2) is 0 Å². The zero-order valence-corrected chi connectivity index (χ0v) is 16.5. The monoisotopic (exact) mass is 360 g/mol. The number of carbonyl (C=O) groups is 2. The highest BCUT2D eigenvalue weighted by Gasteiger charge is 2.35. The number of allylic oxidation sites excluding steroid dienone is 1. The van der Waals surface area contributed by atoms with E-state index in [9.17, 15) is 9.59 Å². The van der Waals surface area contributed by atoms with Crippen molar-refractivity contribution < 1.29 is 14.3 Å². The van der Waals surface area contributed by atoms with Crippen LogP contribution in [-0.2, 0) is 14.3 Å². The van der Waals surface area contributed by atoms with Crippen LogP contribution >= 0.6 is 0 Å². The molecule has 144 valence electrons. The van der Waals surface area contributed by atoms with Crippen molar-refractivity contribution in [1.29, 1.82) is 0 Å². The van der Waals surface area contributed by atoms with E-state index >= 15 is 0 Å². The number of carbonyl (C=O) groups excluding carboxylic acids is 2. The number of ether oxygens (including phenoxy) is 1. The van der Waals surface area contributed by atoms with Crippen molar-refractivity contribution in [3.8, 4) is 0 Å². The van der Waals surface area contributed by atoms with E-state index in [4.69, 9.17) is 10.6 Å². The predicted molar refractivity (Wildman–Crippen MR) is 105 cm³/mol. The summed E-state index contributed by atoms with van der Waals surface area (Å²) in [5.41, 5.74) is 2.64. The lowest BCUT2D eigenvalue weighted by molar-refractivity contribution is -0.164. The molecule has 0 aliphatic carbocycles. The molecule has 2 atom stereocenters. The lowest BCUT2D eigenvalue weighted by Crippen LogP contribution is -2.43. The Morgan fingerprint density at radius 3 is 2.27 bits per heavy atom. The Bertz CT molecular complexity index is 603. The maximum absolute atomic E-state index is 12.8. The number of benzene rings is 1. The molecule has 1 amide bonds. The van der Waals surface area contributed by atoms with Gasteiger partial charge in [0.2, 0.25) is 5.91 Å². The number of hydrazine groups is 1. The molecule has 1 rings (SSSR count). The van der Waals surface area contributed by atoms with E-state index in [1.165, 1.54) is 0 Å². The number of nitrogens with two attached hydrogens (primary N) is 1. The lowest BCUT2D eigenvalue weighted by atomic mass is 9.82. The van der Waals surface area contributed by atoms with E-state index in [0.29, 0.717) is 12.8 Å². The van der Waals surface area contributed by atoms with Crippen molar-refractivity contribution in [1.82, 2.24) is 5.43 Å². The molecule has 26 heavy (non-hydrogen) atoms. The van der Waals surface area contributed by atoms with Gasteiger partial charge in [-0.1, -0.05) is 56.3 Å². The Morgan fingerprint density at radius 2 is 1.77 bits per heavy atom. The summed E-state index contributed by atoms with van der Waals surface area (Å²) >= 11 is 0. The normalized spacial score (nSPS) is 14.3. The van der Waals surface area contributed by atoms with Crippen LogP contribution in [0.2, 0.25) is 0 Å². The Balaban J connectivity index is 3.04. The van der Waals surface area contributed by atoms with Gasteiger partial charge in [0.1, 0.15) is 5.60 Å². The predicted octanol–water partition coefficient (Wildman–Crippen LogP) is 3.70. The molecule has 5 heteroatoms. The van der Waals surface area contributed by atoms with Crippen molar-refractivity contribution in [3.63, 3.8) is 0 Å². The van der Waals surface area contributed by atoms with Crippen LogP contribution in [0.3, 0.4) is 0 Å². The van der Waals surface area contributed by atoms with Gasteiger partial charge < -0.3 is 4.74 Å². The number of nitrogens with one attached hydrogen (secondary N) is 1. The van der Waals surface area contributed by atoms with E-state index in [1.54, 1.807) is 0 Å². The minimum Gasteiger partial charge on any atom is -0.460 e. The zero-order chi connectivity index (χ0) is 19.7. The summed E-state index contributed by atoms with van der Waals surface area (Å²) in [5, 5.41) is 0. The van der Waals surface area contributed by atoms with E-state index in [-0.39, 0.29) is 17.8 Å². The van der Waals surface area contributed by atoms with Gasteiger partial charge in [-0.2, -0.15) is 0 Å². The number of rotatable bonds is 8. The van der Waals surface area contributed by atoms with Gasteiger partial charge >= 0.3 is 5.97 Å². The first-order valence-electron chi connectivity index (χ1n) is 9.09. The van der Waals surface area contributed by atoms with E-state index in [2.05, 4.69) is 5.43 Å². The third kappa shape index (κ3) is 7.83. The van der Waals surface area contributed by atoms with Crippen LogP contribution in [0.1, 0.15) is 53.0 Å². The molecule has 0 fully saturated rings. The maximum Gasteiger partial charge on any atom is 0.310 e. The Morgan fingerprint density at radius 1 is 1.15 bits per heavy atom. The number of hydrogen-bond donors (Lipinski definition) is 2. The zero-order valence-electron chi connectivity index (χ0n) is 16.5. The average molecular weight is 360 g/mol. The van der Waals surface area contributed by atoms with Crippen LogP contribution in [0.4, 0.5) is 0 Å². The molecule has 0 saturated heterocycles. The van der Waals surface area contributed by atoms with Crippen molar-refractivity contribution in [2.45, 2.75) is 53.1 Å². The van der Waals surface area contributed by atoms with E-state index < -0.39 is 17.4 Å².